The fourth-order valence-electron chi connectivity index (χ4n) is 1.32. The summed E-state index contributed by atoms with van der Waals surface area (Å²) in [5.41, 5.74) is 0. The van der Waals surface area contributed by atoms with Gasteiger partial charge in [0.05, 0.1) is 6.54 Å². The van der Waals surface area contributed by atoms with Crippen molar-refractivity contribution in [3.8, 4) is 0 Å². The summed E-state index contributed by atoms with van der Waals surface area (Å²) in [5.74, 6) is 2.32. The molecule has 5 nitrogen and oxygen atoms in total. The smallest absolute Gasteiger partial charge is 0.342 e. The van der Waals surface area contributed by atoms with Gasteiger partial charge >= 0.3 is 5.82 Å². The maximum Gasteiger partial charge on any atom is 0.342 e. The Hall–Kier alpha value is -1.04. The van der Waals surface area contributed by atoms with Gasteiger partial charge in [-0.2, -0.15) is 11.8 Å². The number of rotatable bonds is 8. The van der Waals surface area contributed by atoms with Gasteiger partial charge in [-0.25, -0.2) is 9.55 Å². The first-order chi connectivity index (χ1) is 7.75. The third-order valence-corrected chi connectivity index (χ3v) is 3.36. The summed E-state index contributed by atoms with van der Waals surface area (Å²) >= 11 is 1.91. The zero-order valence-corrected chi connectivity index (χ0v) is 10.3. The van der Waals surface area contributed by atoms with E-state index in [1.54, 1.807) is 4.57 Å². The molecule has 0 fully saturated rings. The molecular formula is C10H17N3O2S. The molecule has 1 aromatic rings. The zero-order chi connectivity index (χ0) is 11.8. The molecule has 0 unspecified atom stereocenters. The number of nitro groups is 1. The number of aryl methyl sites for hydroxylation is 1. The summed E-state index contributed by atoms with van der Waals surface area (Å²) in [6.45, 7) is 2.85. The Bertz CT molecular complexity index is 328. The summed E-state index contributed by atoms with van der Waals surface area (Å²) in [7, 11) is 0. The van der Waals surface area contributed by atoms with E-state index < -0.39 is 4.92 Å². The molecule has 0 bridgehead atoms. The summed E-state index contributed by atoms with van der Waals surface area (Å²) in [6.07, 6.45) is 6.24. The topological polar surface area (TPSA) is 61.0 Å². The molecular weight excluding hydrogens is 226 g/mol. The van der Waals surface area contributed by atoms with Crippen LogP contribution in [0.5, 0.6) is 0 Å². The van der Waals surface area contributed by atoms with Crippen molar-refractivity contribution in [3.63, 3.8) is 0 Å². The van der Waals surface area contributed by atoms with Crippen LogP contribution < -0.4 is 0 Å². The number of hydrogen-bond donors (Lipinski definition) is 0. The lowest BCUT2D eigenvalue weighted by Gasteiger charge is -2.01. The first kappa shape index (κ1) is 13.0. The highest BCUT2D eigenvalue weighted by atomic mass is 32.2. The van der Waals surface area contributed by atoms with E-state index in [9.17, 15) is 10.1 Å². The van der Waals surface area contributed by atoms with E-state index in [0.29, 0.717) is 6.54 Å². The minimum atomic E-state index is -0.392. The average Bonchev–Trinajstić information content (AvgIpc) is 2.71. The van der Waals surface area contributed by atoms with Crippen molar-refractivity contribution in [2.75, 3.05) is 11.5 Å². The number of imidazole rings is 1. The monoisotopic (exact) mass is 243 g/mol. The first-order valence-corrected chi connectivity index (χ1v) is 6.63. The van der Waals surface area contributed by atoms with Crippen LogP contribution in [0.15, 0.2) is 12.5 Å². The second-order valence-electron chi connectivity index (χ2n) is 3.52. The molecule has 90 valence electrons. The van der Waals surface area contributed by atoms with Crippen molar-refractivity contribution in [1.29, 1.82) is 0 Å². The van der Waals surface area contributed by atoms with Gasteiger partial charge in [-0.3, -0.25) is 0 Å². The fraction of sp³-hybridized carbons (Fsp3) is 0.700. The Morgan fingerprint density at radius 1 is 1.50 bits per heavy atom. The number of unbranched alkanes of at least 4 members (excludes halogenated alkanes) is 1. The summed E-state index contributed by atoms with van der Waals surface area (Å²) in [4.78, 5) is 14.0. The molecule has 0 atom stereocenters. The molecule has 0 saturated heterocycles. The Kier molecular flexibility index (Phi) is 5.92. The van der Waals surface area contributed by atoms with Gasteiger partial charge in [0.15, 0.2) is 6.33 Å². The first-order valence-electron chi connectivity index (χ1n) is 5.48. The van der Waals surface area contributed by atoms with E-state index in [0.717, 1.165) is 12.2 Å². The number of nitrogens with zero attached hydrogens (tertiary/aromatic N) is 3. The largest absolute Gasteiger partial charge is 0.358 e. The molecule has 0 radical (unpaired) electrons. The predicted molar refractivity (Wildman–Crippen MR) is 65.7 cm³/mol. The summed E-state index contributed by atoms with van der Waals surface area (Å²) in [5, 5.41) is 10.6. The van der Waals surface area contributed by atoms with Crippen LogP contribution in [0.4, 0.5) is 5.82 Å². The maximum atomic E-state index is 10.6. The van der Waals surface area contributed by atoms with Crippen molar-refractivity contribution in [2.24, 2.45) is 0 Å². The van der Waals surface area contributed by atoms with E-state index >= 15 is 0 Å². The van der Waals surface area contributed by atoms with Crippen molar-refractivity contribution >= 4 is 17.6 Å². The molecule has 0 aromatic carbocycles. The highest BCUT2D eigenvalue weighted by Crippen LogP contribution is 2.12. The van der Waals surface area contributed by atoms with Crippen molar-refractivity contribution in [1.82, 2.24) is 9.55 Å². The molecule has 0 amide bonds. The van der Waals surface area contributed by atoms with Gasteiger partial charge in [0.25, 0.3) is 0 Å². The second kappa shape index (κ2) is 7.27. The summed E-state index contributed by atoms with van der Waals surface area (Å²) < 4.78 is 1.60. The molecule has 0 aliphatic heterocycles. The van der Waals surface area contributed by atoms with Crippen LogP contribution in [-0.4, -0.2) is 26.0 Å². The van der Waals surface area contributed by atoms with Crippen molar-refractivity contribution in [2.45, 2.75) is 32.7 Å². The molecule has 1 heterocycles. The van der Waals surface area contributed by atoms with Crippen molar-refractivity contribution < 1.29 is 4.92 Å². The van der Waals surface area contributed by atoms with E-state index in [1.807, 2.05) is 11.8 Å². The third-order valence-electron chi connectivity index (χ3n) is 2.21. The number of hydrogen-bond acceptors (Lipinski definition) is 4. The van der Waals surface area contributed by atoms with Gasteiger partial charge in [-0.05, 0) is 29.3 Å². The van der Waals surface area contributed by atoms with Gasteiger partial charge in [0.2, 0.25) is 0 Å². The fourth-order valence-corrected chi connectivity index (χ4v) is 2.35. The molecule has 1 rings (SSSR count). The lowest BCUT2D eigenvalue weighted by atomic mass is 10.4. The standard InChI is InChI=1S/C10H17N3O2S/c1-2-3-6-16-7-4-5-12-9-11-8-10(12)13(14)15/h8-9H,2-7H2,1H3. The van der Waals surface area contributed by atoms with Crippen LogP contribution >= 0.6 is 11.8 Å². The van der Waals surface area contributed by atoms with Gasteiger partial charge < -0.3 is 10.1 Å². The molecule has 1 aromatic heterocycles. The Balaban J connectivity index is 2.21. The molecule has 0 aliphatic carbocycles. The van der Waals surface area contributed by atoms with Gasteiger partial charge in [0, 0.05) is 0 Å². The van der Waals surface area contributed by atoms with Gasteiger partial charge in [-0.15, -0.1) is 0 Å². The Labute approximate surface area is 99.4 Å². The molecule has 0 N–H and O–H groups in total. The Morgan fingerprint density at radius 3 is 2.94 bits per heavy atom. The minimum Gasteiger partial charge on any atom is -0.358 e. The number of aromatic nitrogens is 2. The van der Waals surface area contributed by atoms with Crippen LogP contribution in [0.1, 0.15) is 26.2 Å². The Morgan fingerprint density at radius 2 is 2.25 bits per heavy atom. The van der Waals surface area contributed by atoms with E-state index in [1.165, 1.54) is 31.1 Å². The lowest BCUT2D eigenvalue weighted by molar-refractivity contribution is -0.392. The van der Waals surface area contributed by atoms with Crippen LogP contribution in [0.3, 0.4) is 0 Å². The van der Waals surface area contributed by atoms with E-state index in [2.05, 4.69) is 11.9 Å². The molecule has 0 saturated carbocycles. The molecule has 6 heteroatoms. The lowest BCUT2D eigenvalue weighted by Crippen LogP contribution is -2.02. The molecule has 16 heavy (non-hydrogen) atoms. The highest BCUT2D eigenvalue weighted by Gasteiger charge is 2.11. The van der Waals surface area contributed by atoms with Crippen LogP contribution in [0.2, 0.25) is 0 Å². The maximum absolute atomic E-state index is 10.6. The minimum absolute atomic E-state index is 0.0820. The normalized spacial score (nSPS) is 10.6. The quantitative estimate of drug-likeness (QED) is 0.400. The summed E-state index contributed by atoms with van der Waals surface area (Å²) in [6, 6.07) is 0. The van der Waals surface area contributed by atoms with E-state index in [4.69, 9.17) is 0 Å². The third kappa shape index (κ3) is 4.22. The molecule has 0 spiro atoms. The van der Waals surface area contributed by atoms with Gasteiger partial charge in [0.1, 0.15) is 6.20 Å². The highest BCUT2D eigenvalue weighted by molar-refractivity contribution is 7.99. The SMILES string of the molecule is CCCCSCCCn1cncc1[N+](=O)[O-]. The van der Waals surface area contributed by atoms with Crippen LogP contribution in [-0.2, 0) is 6.54 Å². The molecule has 0 aliphatic rings. The van der Waals surface area contributed by atoms with Crippen LogP contribution in [0.25, 0.3) is 0 Å². The van der Waals surface area contributed by atoms with Crippen molar-refractivity contribution in [3.05, 3.63) is 22.6 Å². The zero-order valence-electron chi connectivity index (χ0n) is 9.46. The van der Waals surface area contributed by atoms with E-state index in [-0.39, 0.29) is 5.82 Å². The second-order valence-corrected chi connectivity index (χ2v) is 4.75. The van der Waals surface area contributed by atoms with Gasteiger partial charge in [-0.1, -0.05) is 13.3 Å². The van der Waals surface area contributed by atoms with Crippen LogP contribution in [0, 0.1) is 10.1 Å². The average molecular weight is 243 g/mol. The predicted octanol–water partition coefficient (Wildman–Crippen LogP) is 2.71. The number of thioether (sulfide) groups is 1.